The lowest BCUT2D eigenvalue weighted by Gasteiger charge is -2.16. The van der Waals surface area contributed by atoms with E-state index in [4.69, 9.17) is 0 Å². The Morgan fingerprint density at radius 3 is 2.32 bits per heavy atom. The number of nitrogens with one attached hydrogen (secondary N) is 1. The summed E-state index contributed by atoms with van der Waals surface area (Å²) in [6, 6.07) is 9.03. The van der Waals surface area contributed by atoms with Crippen LogP contribution in [0, 0.1) is 0 Å². The minimum Gasteiger partial charge on any atom is -0.337 e. The largest absolute Gasteiger partial charge is 0.337 e. The maximum Gasteiger partial charge on any atom is 0.122 e. The monoisotopic (exact) mass is 273 g/mol. The Morgan fingerprint density at radius 2 is 1.79 bits per heavy atom. The molecule has 0 saturated heterocycles. The zero-order valence-electron chi connectivity index (χ0n) is 12.3. The summed E-state index contributed by atoms with van der Waals surface area (Å²) >= 11 is 0. The van der Waals surface area contributed by atoms with Crippen molar-refractivity contribution >= 4 is 13.3 Å². The summed E-state index contributed by atoms with van der Waals surface area (Å²) < 4.78 is 2.04. The second-order valence-corrected chi connectivity index (χ2v) is 11.1. The minimum absolute atomic E-state index is 0.805. The van der Waals surface area contributed by atoms with Crippen LogP contribution in [0.3, 0.4) is 0 Å². The maximum atomic E-state index is 4.30. The van der Waals surface area contributed by atoms with Crippen molar-refractivity contribution < 1.29 is 0 Å². The molecule has 19 heavy (non-hydrogen) atoms. The van der Waals surface area contributed by atoms with Gasteiger partial charge in [-0.2, -0.15) is 0 Å². The van der Waals surface area contributed by atoms with Gasteiger partial charge in [-0.25, -0.2) is 4.98 Å². The molecule has 0 aliphatic heterocycles. The highest BCUT2D eigenvalue weighted by atomic mass is 28.3. The van der Waals surface area contributed by atoms with Crippen molar-refractivity contribution in [2.75, 3.05) is 0 Å². The number of hydrogen-bond acceptors (Lipinski definition) is 2. The van der Waals surface area contributed by atoms with Gasteiger partial charge in [-0.15, -0.1) is 0 Å². The normalized spacial score (nSPS) is 11.8. The molecule has 0 spiro atoms. The Bertz CT molecular complexity index is 523. The van der Waals surface area contributed by atoms with Crippen molar-refractivity contribution in [1.82, 2.24) is 14.9 Å². The molecule has 2 rings (SSSR count). The van der Waals surface area contributed by atoms with Crippen molar-refractivity contribution in [3.63, 3.8) is 0 Å². The molecule has 0 unspecified atom stereocenters. The van der Waals surface area contributed by atoms with Gasteiger partial charge in [-0.1, -0.05) is 49.1 Å². The Kier molecular flexibility index (Phi) is 4.22. The highest BCUT2D eigenvalue weighted by Crippen LogP contribution is 2.05. The number of benzene rings is 1. The van der Waals surface area contributed by atoms with Crippen LogP contribution in [0.5, 0.6) is 0 Å². The summed E-state index contributed by atoms with van der Waals surface area (Å²) in [6.07, 6.45) is 3.81. The summed E-state index contributed by atoms with van der Waals surface area (Å²) in [4.78, 5) is 4.30. The number of aromatic nitrogens is 2. The van der Waals surface area contributed by atoms with Gasteiger partial charge in [0.05, 0.1) is 14.6 Å². The first kappa shape index (κ1) is 14.0. The Hall–Kier alpha value is -1.39. The van der Waals surface area contributed by atoms with E-state index in [1.54, 1.807) is 0 Å². The van der Waals surface area contributed by atoms with E-state index in [0.29, 0.717) is 0 Å². The highest BCUT2D eigenvalue weighted by molar-refractivity contribution is 6.88. The lowest BCUT2D eigenvalue weighted by molar-refractivity contribution is 0.639. The third-order valence-corrected chi connectivity index (χ3v) is 5.42. The van der Waals surface area contributed by atoms with Crippen LogP contribution < -0.4 is 10.5 Å². The number of imidazole rings is 1. The molecule has 0 aliphatic carbocycles. The molecular weight excluding hydrogens is 250 g/mol. The van der Waals surface area contributed by atoms with Gasteiger partial charge in [-0.05, 0) is 5.56 Å². The second-order valence-electron chi connectivity index (χ2n) is 6.00. The average Bonchev–Trinajstić information content (AvgIpc) is 2.75. The smallest absolute Gasteiger partial charge is 0.122 e. The zero-order chi connectivity index (χ0) is 13.9. The van der Waals surface area contributed by atoms with Gasteiger partial charge in [0.1, 0.15) is 5.82 Å². The molecule has 1 aromatic carbocycles. The van der Waals surface area contributed by atoms with Gasteiger partial charge in [0, 0.05) is 26.0 Å². The van der Waals surface area contributed by atoms with E-state index in [-0.39, 0.29) is 0 Å². The van der Waals surface area contributed by atoms with Crippen molar-refractivity contribution in [2.24, 2.45) is 7.05 Å². The van der Waals surface area contributed by atoms with Crippen LogP contribution >= 0.6 is 0 Å². The fourth-order valence-corrected chi connectivity index (χ4v) is 3.17. The molecule has 1 heterocycles. The minimum atomic E-state index is -1.17. The molecular formula is C15H23N3Si. The number of hydrogen-bond donors (Lipinski definition) is 1. The molecule has 102 valence electrons. The lowest BCUT2D eigenvalue weighted by Crippen LogP contribution is -2.37. The second kappa shape index (κ2) is 5.71. The first-order chi connectivity index (χ1) is 8.97. The van der Waals surface area contributed by atoms with E-state index in [0.717, 1.165) is 18.9 Å². The summed E-state index contributed by atoms with van der Waals surface area (Å²) in [5.74, 6) is 1.07. The maximum absolute atomic E-state index is 4.30. The summed E-state index contributed by atoms with van der Waals surface area (Å²) in [5, 5.41) is 4.95. The van der Waals surface area contributed by atoms with Crippen LogP contribution in [0.15, 0.2) is 36.7 Å². The van der Waals surface area contributed by atoms with E-state index in [9.17, 15) is 0 Å². The molecule has 0 radical (unpaired) electrons. The van der Waals surface area contributed by atoms with E-state index in [1.165, 1.54) is 10.8 Å². The zero-order valence-corrected chi connectivity index (χ0v) is 13.3. The molecule has 4 heteroatoms. The van der Waals surface area contributed by atoms with Gasteiger partial charge in [0.2, 0.25) is 0 Å². The predicted molar refractivity (Wildman–Crippen MR) is 83.2 cm³/mol. The standard InChI is InChI=1S/C15H23N3Si/c1-18-10-9-17-15(18)12-16-11-13-5-7-14(8-6-13)19(2,3)4/h5-10,16H,11-12H2,1-4H3. The Labute approximate surface area is 116 Å². The van der Waals surface area contributed by atoms with E-state index < -0.39 is 8.07 Å². The molecule has 0 atom stereocenters. The van der Waals surface area contributed by atoms with Crippen LogP contribution in [0.4, 0.5) is 0 Å². The fraction of sp³-hybridized carbons (Fsp3) is 0.400. The van der Waals surface area contributed by atoms with Crippen molar-refractivity contribution in [1.29, 1.82) is 0 Å². The van der Waals surface area contributed by atoms with E-state index in [2.05, 4.69) is 54.2 Å². The first-order valence-corrected chi connectivity index (χ1v) is 10.2. The van der Waals surface area contributed by atoms with Crippen molar-refractivity contribution in [3.8, 4) is 0 Å². The first-order valence-electron chi connectivity index (χ1n) is 6.73. The van der Waals surface area contributed by atoms with Crippen LogP contribution in [0.2, 0.25) is 19.6 Å². The van der Waals surface area contributed by atoms with Crippen molar-refractivity contribution in [3.05, 3.63) is 48.0 Å². The molecule has 0 saturated carbocycles. The molecule has 0 fully saturated rings. The van der Waals surface area contributed by atoms with Crippen LogP contribution in [-0.4, -0.2) is 17.6 Å². The van der Waals surface area contributed by atoms with Gasteiger partial charge in [0.25, 0.3) is 0 Å². The third kappa shape index (κ3) is 3.78. The molecule has 3 nitrogen and oxygen atoms in total. The van der Waals surface area contributed by atoms with E-state index in [1.807, 2.05) is 24.0 Å². The third-order valence-electron chi connectivity index (χ3n) is 3.35. The van der Waals surface area contributed by atoms with Crippen LogP contribution in [-0.2, 0) is 20.1 Å². The predicted octanol–water partition coefficient (Wildman–Crippen LogP) is 2.26. The molecule has 0 aliphatic rings. The SMILES string of the molecule is Cn1ccnc1CNCc1ccc([Si](C)(C)C)cc1. The van der Waals surface area contributed by atoms with Crippen molar-refractivity contribution in [2.45, 2.75) is 32.7 Å². The Morgan fingerprint density at radius 1 is 1.11 bits per heavy atom. The van der Waals surface area contributed by atoms with Gasteiger partial charge in [-0.3, -0.25) is 0 Å². The van der Waals surface area contributed by atoms with Gasteiger partial charge >= 0.3 is 0 Å². The highest BCUT2D eigenvalue weighted by Gasteiger charge is 2.15. The van der Waals surface area contributed by atoms with Crippen LogP contribution in [0.25, 0.3) is 0 Å². The fourth-order valence-electron chi connectivity index (χ4n) is 2.01. The molecule has 0 bridgehead atoms. The number of nitrogens with zero attached hydrogens (tertiary/aromatic N) is 2. The van der Waals surface area contributed by atoms with Crippen LogP contribution in [0.1, 0.15) is 11.4 Å². The van der Waals surface area contributed by atoms with Gasteiger partial charge < -0.3 is 9.88 Å². The Balaban J connectivity index is 1.89. The number of rotatable bonds is 5. The molecule has 2 aromatic rings. The summed E-state index contributed by atoms with van der Waals surface area (Å²) in [7, 11) is 0.848. The van der Waals surface area contributed by atoms with E-state index >= 15 is 0 Å². The lowest BCUT2D eigenvalue weighted by atomic mass is 10.2. The quantitative estimate of drug-likeness (QED) is 0.847. The summed E-state index contributed by atoms with van der Waals surface area (Å²) in [5.41, 5.74) is 1.33. The average molecular weight is 273 g/mol. The molecule has 1 aromatic heterocycles. The van der Waals surface area contributed by atoms with Gasteiger partial charge in [0.15, 0.2) is 0 Å². The molecule has 1 N–H and O–H groups in total. The molecule has 0 amide bonds. The summed E-state index contributed by atoms with van der Waals surface area (Å²) in [6.45, 7) is 8.82. The topological polar surface area (TPSA) is 29.9 Å². The number of aryl methyl sites for hydroxylation is 1.